The molecule has 3 saturated heterocycles. The van der Waals surface area contributed by atoms with Gasteiger partial charge in [-0.3, -0.25) is 15.3 Å². The topological polar surface area (TPSA) is 285 Å². The van der Waals surface area contributed by atoms with E-state index in [9.17, 15) is 22.4 Å². The molecule has 9 heterocycles. The molecule has 98 heavy (non-hydrogen) atoms. The Morgan fingerprint density at radius 1 is 0.520 bits per heavy atom. The highest BCUT2D eigenvalue weighted by molar-refractivity contribution is 5.74. The smallest absolute Gasteiger partial charge is 0.410 e. The van der Waals surface area contributed by atoms with Crippen LogP contribution in [-0.2, 0) is 4.74 Å². The van der Waals surface area contributed by atoms with Gasteiger partial charge in [0.1, 0.15) is 22.8 Å². The Hall–Kier alpha value is -11.4. The molecule has 1 amide bonds. The number of nitrogens with zero attached hydrogens (tertiary/aromatic N) is 14. The quantitative estimate of drug-likeness (QED) is 0.0371. The van der Waals surface area contributed by atoms with Gasteiger partial charge in [-0.2, -0.15) is 15.3 Å². The maximum atomic E-state index is 15.2. The van der Waals surface area contributed by atoms with Crippen LogP contribution in [0.5, 0.6) is 17.2 Å². The molecule has 3 aliphatic rings. The van der Waals surface area contributed by atoms with Gasteiger partial charge in [-0.15, -0.1) is 15.0 Å². The number of carbonyl (C=O) groups excluding carboxylic acids is 1. The van der Waals surface area contributed by atoms with Crippen molar-refractivity contribution in [3.63, 3.8) is 0 Å². The maximum Gasteiger partial charge on any atom is 0.410 e. The molecule has 3 unspecified atom stereocenters. The summed E-state index contributed by atoms with van der Waals surface area (Å²) in [6, 6.07) is 20.5. The van der Waals surface area contributed by atoms with Crippen LogP contribution in [0.2, 0.25) is 0 Å². The lowest BCUT2D eigenvalue weighted by atomic mass is 9.85. The molecule has 0 bridgehead atoms. The van der Waals surface area contributed by atoms with Crippen molar-refractivity contribution < 1.29 is 50.1 Å². The monoisotopic (exact) mass is 1350 g/mol. The second-order valence-electron chi connectivity index (χ2n) is 24.0. The third-order valence-electron chi connectivity index (χ3n) is 16.0. The molecule has 26 nitrogen and oxygen atoms in total. The molecule has 7 N–H and O–H groups in total. The molecule has 508 valence electrons. The highest BCUT2D eigenvalue weighted by Crippen LogP contribution is 2.46. The Labute approximate surface area is 558 Å². The van der Waals surface area contributed by atoms with Crippen LogP contribution in [-0.4, -0.2) is 167 Å². The highest BCUT2D eigenvalue weighted by Gasteiger charge is 2.48. The number of carbonyl (C=O) groups is 1. The van der Waals surface area contributed by atoms with Crippen molar-refractivity contribution >= 4 is 58.5 Å². The number of hydrogen-bond acceptors (Lipinski definition) is 19. The fourth-order valence-corrected chi connectivity index (χ4v) is 11.3. The second kappa shape index (κ2) is 29.7. The average molecular weight is 1350 g/mol. The van der Waals surface area contributed by atoms with E-state index in [1.54, 1.807) is 106 Å². The molecule has 3 aliphatic heterocycles. The van der Waals surface area contributed by atoms with Gasteiger partial charge in [-0.05, 0) is 113 Å². The predicted molar refractivity (Wildman–Crippen MR) is 352 cm³/mol. The van der Waals surface area contributed by atoms with Gasteiger partial charge in [0.25, 0.3) is 35.2 Å². The van der Waals surface area contributed by atoms with Gasteiger partial charge < -0.3 is 64.5 Å². The summed E-state index contributed by atoms with van der Waals surface area (Å²) < 4.78 is 110. The highest BCUT2D eigenvalue weighted by atomic mass is 19.3. The minimum absolute atomic E-state index is 0.0835. The number of aromatic amines is 3. The zero-order valence-corrected chi connectivity index (χ0v) is 54.1. The number of nitrogens with one attached hydrogen (secondary N) is 7. The SMILES string of the molecule is [C-]#[N+]c1cnc(Nc2cc(-c3ccc(C4CCN(C(=O)OC(C)(C)C)CC4(F)F)cc3OC)[nH]n2)cn1.[C-]#[N+]c1cnc(Nc2cc(-c3ccc(C4CCN(C)CC4(F)F)cc3OC)[nH]n2)cn1.[C-]#[N+]c1cnc(Nc2cc(-c3ccc(C4CCNCC4(F)F)cc3OC)[nH]n2)cn1. The van der Waals surface area contributed by atoms with Crippen LogP contribution < -0.4 is 35.5 Å². The number of piperidine rings is 3. The molecule has 0 radical (unpaired) electrons. The number of likely N-dealkylation sites (tertiary alicyclic amines) is 2. The fraction of sp³-hybridized carbons (Fsp3) is 0.348. The number of hydrogen-bond donors (Lipinski definition) is 7. The molecule has 0 aliphatic carbocycles. The van der Waals surface area contributed by atoms with Crippen molar-refractivity contribution in [1.29, 1.82) is 0 Å². The van der Waals surface area contributed by atoms with Crippen molar-refractivity contribution in [3.05, 3.63) is 161 Å². The molecule has 3 atom stereocenters. The van der Waals surface area contributed by atoms with Crippen LogP contribution in [0.3, 0.4) is 0 Å². The van der Waals surface area contributed by atoms with Crippen molar-refractivity contribution in [2.45, 2.75) is 81.2 Å². The van der Waals surface area contributed by atoms with E-state index < -0.39 is 53.8 Å². The zero-order chi connectivity index (χ0) is 69.9. The number of H-pyrrole nitrogens is 3. The average Bonchev–Trinajstić information content (AvgIpc) is 1.00. The van der Waals surface area contributed by atoms with Crippen LogP contribution in [0.1, 0.15) is 74.5 Å². The van der Waals surface area contributed by atoms with E-state index in [0.29, 0.717) is 129 Å². The van der Waals surface area contributed by atoms with Gasteiger partial charge in [0.05, 0.1) is 94.4 Å². The number of aromatic nitrogens is 12. The number of anilines is 6. The molecule has 3 aromatic carbocycles. The van der Waals surface area contributed by atoms with E-state index in [4.69, 9.17) is 38.7 Å². The number of halogens is 6. The summed E-state index contributed by atoms with van der Waals surface area (Å²) in [6.45, 7) is 25.9. The van der Waals surface area contributed by atoms with Crippen molar-refractivity contribution in [2.24, 2.45) is 0 Å². The van der Waals surface area contributed by atoms with Gasteiger partial charge in [0.2, 0.25) is 0 Å². The van der Waals surface area contributed by atoms with E-state index in [-0.39, 0.29) is 43.5 Å². The summed E-state index contributed by atoms with van der Waals surface area (Å²) >= 11 is 0. The molecular weight excluding hydrogens is 1280 g/mol. The first-order valence-corrected chi connectivity index (χ1v) is 30.5. The zero-order valence-electron chi connectivity index (χ0n) is 54.1. The molecule has 9 aromatic rings. The lowest BCUT2D eigenvalue weighted by Crippen LogP contribution is -2.50. The van der Waals surface area contributed by atoms with Crippen LogP contribution in [0.15, 0.2) is 110 Å². The Kier molecular flexibility index (Phi) is 21.0. The van der Waals surface area contributed by atoms with Gasteiger partial charge in [-0.1, -0.05) is 37.9 Å². The summed E-state index contributed by atoms with van der Waals surface area (Å²) in [5.74, 6) is -6.83. The number of rotatable bonds is 15. The Morgan fingerprint density at radius 3 is 1.22 bits per heavy atom. The third kappa shape index (κ3) is 16.8. The summed E-state index contributed by atoms with van der Waals surface area (Å²) in [4.78, 5) is 48.8. The minimum atomic E-state index is -3.14. The van der Waals surface area contributed by atoms with Gasteiger partial charge in [0, 0.05) is 41.4 Å². The number of alkyl halides is 6. The number of benzene rings is 3. The van der Waals surface area contributed by atoms with Crippen LogP contribution in [0, 0.1) is 19.7 Å². The second-order valence-corrected chi connectivity index (χ2v) is 24.0. The van der Waals surface area contributed by atoms with E-state index in [2.05, 4.69) is 96.3 Å². The molecule has 12 rings (SSSR count). The van der Waals surface area contributed by atoms with Gasteiger partial charge >= 0.3 is 6.09 Å². The van der Waals surface area contributed by atoms with E-state index in [1.807, 2.05) is 0 Å². The van der Waals surface area contributed by atoms with Crippen molar-refractivity contribution in [2.75, 3.05) is 83.6 Å². The van der Waals surface area contributed by atoms with Crippen molar-refractivity contribution in [1.82, 2.24) is 75.6 Å². The first-order valence-electron chi connectivity index (χ1n) is 30.5. The largest absolute Gasteiger partial charge is 0.496 e. The number of amides is 1. The minimum Gasteiger partial charge on any atom is -0.496 e. The van der Waals surface area contributed by atoms with E-state index in [1.165, 1.54) is 58.5 Å². The summed E-state index contributed by atoms with van der Waals surface area (Å²) in [6.07, 6.45) is 8.47. The van der Waals surface area contributed by atoms with Crippen LogP contribution >= 0.6 is 0 Å². The Bertz CT molecular complexity index is 4370. The summed E-state index contributed by atoms with van der Waals surface area (Å²) in [5.41, 5.74) is 4.73. The van der Waals surface area contributed by atoms with Gasteiger partial charge in [0.15, 0.2) is 53.5 Å². The van der Waals surface area contributed by atoms with Gasteiger partial charge in [-0.25, -0.2) is 46.1 Å². The molecule has 0 spiro atoms. The lowest BCUT2D eigenvalue weighted by molar-refractivity contribution is -0.0849. The normalized spacial score (nSPS) is 17.7. The third-order valence-corrected chi connectivity index (χ3v) is 16.0. The molecule has 32 heteroatoms. The number of ether oxygens (including phenoxy) is 4. The standard InChI is InChI=1S/C25H27F2N7O3.C21H21F2N7O.C20H19F2N7O/c1-24(2,3)37-23(35)34-9-8-17(25(26,27)14-34)15-6-7-16(19(10-15)36-5)18-11-20(33-32-18)31-22-13-29-21(28-4)12-30-22;1-24-19-10-26-20(11-25-19)27-18-9-16(28-29-18)14-5-4-13(8-17(14)31-3)15-6-7-30(2)12-21(15,22)23;1-23-18-9-26-19(10-25-18)27-17-8-15(28-29-17)13-4-3-12(7-16(13)30-2)14-5-6-24-11-20(14,21)22/h6-7,10-13,17H,8-9,14H2,1-3,5H3,(H2,30,31,32,33);4-5,8-11,15H,6-7,12H2,2-3H3,(H2,26,27,28,29);3-4,7-10,14,24H,5-6,11H2,2H3,(H2,26,27,28,29). The predicted octanol–water partition coefficient (Wildman–Crippen LogP) is 13.6. The summed E-state index contributed by atoms with van der Waals surface area (Å²) in [7, 11) is 6.20. The van der Waals surface area contributed by atoms with Crippen LogP contribution in [0.25, 0.3) is 48.3 Å². The Morgan fingerprint density at radius 2 is 0.898 bits per heavy atom. The van der Waals surface area contributed by atoms with Crippen molar-refractivity contribution in [3.8, 4) is 51.0 Å². The first kappa shape index (κ1) is 69.4. The fourth-order valence-electron chi connectivity index (χ4n) is 11.3. The van der Waals surface area contributed by atoms with Crippen LogP contribution in [0.4, 0.5) is 83.5 Å². The van der Waals surface area contributed by atoms with E-state index in [0.717, 1.165) is 4.90 Å². The summed E-state index contributed by atoms with van der Waals surface area (Å²) in [5, 5.41) is 33.0. The molecule has 6 aromatic heterocycles. The lowest BCUT2D eigenvalue weighted by Gasteiger charge is -2.39. The molecule has 3 fully saturated rings. The molecule has 0 saturated carbocycles. The molecular formula is C66H67F6N21O5. The Balaban J connectivity index is 0.000000160. The first-order chi connectivity index (χ1) is 46.9. The number of methoxy groups -OCH3 is 3. The maximum absolute atomic E-state index is 15.2. The van der Waals surface area contributed by atoms with E-state index >= 15 is 8.78 Å².